The fourth-order valence-electron chi connectivity index (χ4n) is 2.27. The van der Waals surface area contributed by atoms with Crippen LogP contribution in [0.15, 0.2) is 0 Å². The summed E-state index contributed by atoms with van der Waals surface area (Å²) in [6, 6.07) is 0.336. The van der Waals surface area contributed by atoms with E-state index in [1.807, 2.05) is 0 Å². The van der Waals surface area contributed by atoms with Crippen LogP contribution in [0.25, 0.3) is 0 Å². The number of carboxylic acid groups (broad SMARTS) is 1. The van der Waals surface area contributed by atoms with Crippen molar-refractivity contribution in [1.29, 1.82) is 0 Å². The van der Waals surface area contributed by atoms with E-state index in [0.717, 1.165) is 19.3 Å². The molecule has 2 aliphatic rings. The highest BCUT2D eigenvalue weighted by Gasteiger charge is 2.38. The molecule has 72 valence electrons. The monoisotopic (exact) mass is 183 g/mol. The van der Waals surface area contributed by atoms with E-state index in [1.54, 1.807) is 4.90 Å². The molecule has 1 N–H and O–H groups in total. The fraction of sp³-hybridized carbons (Fsp3) is 0.778. The number of hydrogen-bond acceptors (Lipinski definition) is 2. The molecular formula is C9H13NO3. The molecule has 0 radical (unpaired) electrons. The molecule has 2 saturated heterocycles. The molecule has 1 amide bonds. The second-order valence-electron chi connectivity index (χ2n) is 3.85. The van der Waals surface area contributed by atoms with Crippen molar-refractivity contribution in [2.24, 2.45) is 5.92 Å². The summed E-state index contributed by atoms with van der Waals surface area (Å²) in [7, 11) is 0. The molecule has 0 aromatic carbocycles. The number of nitrogens with zero attached hydrogens (tertiary/aromatic N) is 1. The van der Waals surface area contributed by atoms with Gasteiger partial charge in [-0.1, -0.05) is 0 Å². The van der Waals surface area contributed by atoms with Crippen LogP contribution in [0.2, 0.25) is 0 Å². The zero-order chi connectivity index (χ0) is 9.42. The summed E-state index contributed by atoms with van der Waals surface area (Å²) in [5, 5.41) is 8.81. The van der Waals surface area contributed by atoms with Crippen LogP contribution in [0.4, 0.5) is 0 Å². The molecule has 4 nitrogen and oxygen atoms in total. The number of fused-ring (bicyclic) bond motifs is 1. The van der Waals surface area contributed by atoms with Gasteiger partial charge < -0.3 is 10.0 Å². The predicted octanol–water partition coefficient (Wildman–Crippen LogP) is 0.472. The van der Waals surface area contributed by atoms with Gasteiger partial charge in [0.1, 0.15) is 0 Å². The summed E-state index contributed by atoms with van der Waals surface area (Å²) in [5.74, 6) is -0.965. The first-order valence-electron chi connectivity index (χ1n) is 4.71. The van der Waals surface area contributed by atoms with Gasteiger partial charge in [-0.25, -0.2) is 0 Å². The largest absolute Gasteiger partial charge is 0.481 e. The summed E-state index contributed by atoms with van der Waals surface area (Å²) in [6.07, 6.45) is 3.12. The van der Waals surface area contributed by atoms with Gasteiger partial charge in [0.25, 0.3) is 0 Å². The van der Waals surface area contributed by atoms with Gasteiger partial charge in [-0.2, -0.15) is 0 Å². The van der Waals surface area contributed by atoms with Gasteiger partial charge in [0, 0.05) is 19.0 Å². The third-order valence-electron chi connectivity index (χ3n) is 3.07. The predicted molar refractivity (Wildman–Crippen MR) is 45.1 cm³/mol. The van der Waals surface area contributed by atoms with E-state index >= 15 is 0 Å². The molecule has 0 aromatic heterocycles. The van der Waals surface area contributed by atoms with Gasteiger partial charge in [0.2, 0.25) is 5.91 Å². The van der Waals surface area contributed by atoms with E-state index in [2.05, 4.69) is 0 Å². The first-order chi connectivity index (χ1) is 6.18. The molecule has 0 aliphatic carbocycles. The lowest BCUT2D eigenvalue weighted by atomic mass is 9.93. The Morgan fingerprint density at radius 1 is 1.38 bits per heavy atom. The SMILES string of the molecule is O=C(O)[C@@H]1CC[C@@H]2CCC(=O)N2C1. The molecule has 2 heterocycles. The van der Waals surface area contributed by atoms with E-state index in [1.165, 1.54) is 0 Å². The van der Waals surface area contributed by atoms with Gasteiger partial charge in [-0.15, -0.1) is 0 Å². The van der Waals surface area contributed by atoms with Crippen molar-refractivity contribution in [2.75, 3.05) is 6.54 Å². The molecule has 0 aromatic rings. The fourth-order valence-corrected chi connectivity index (χ4v) is 2.27. The number of aliphatic carboxylic acids is 1. The number of piperidine rings is 1. The Balaban J connectivity index is 2.05. The first-order valence-corrected chi connectivity index (χ1v) is 4.71. The lowest BCUT2D eigenvalue weighted by Gasteiger charge is -2.33. The number of carboxylic acids is 1. The molecule has 0 saturated carbocycles. The van der Waals surface area contributed by atoms with Crippen molar-refractivity contribution < 1.29 is 14.7 Å². The van der Waals surface area contributed by atoms with Crippen LogP contribution in [-0.2, 0) is 9.59 Å². The van der Waals surface area contributed by atoms with E-state index in [0.29, 0.717) is 19.0 Å². The number of hydrogen-bond donors (Lipinski definition) is 1. The van der Waals surface area contributed by atoms with Crippen LogP contribution in [0.3, 0.4) is 0 Å². The topological polar surface area (TPSA) is 57.6 Å². The molecule has 2 fully saturated rings. The average Bonchev–Trinajstić information content (AvgIpc) is 2.47. The highest BCUT2D eigenvalue weighted by Crippen LogP contribution is 2.30. The van der Waals surface area contributed by atoms with Crippen molar-refractivity contribution in [3.05, 3.63) is 0 Å². The number of rotatable bonds is 1. The molecule has 0 unspecified atom stereocenters. The van der Waals surface area contributed by atoms with Gasteiger partial charge in [0.15, 0.2) is 0 Å². The van der Waals surface area contributed by atoms with Gasteiger partial charge in [-0.3, -0.25) is 9.59 Å². The second-order valence-corrected chi connectivity index (χ2v) is 3.85. The number of amides is 1. The van der Waals surface area contributed by atoms with Crippen LogP contribution in [0, 0.1) is 5.92 Å². The Morgan fingerprint density at radius 3 is 2.85 bits per heavy atom. The van der Waals surface area contributed by atoms with E-state index in [4.69, 9.17) is 5.11 Å². The zero-order valence-corrected chi connectivity index (χ0v) is 7.40. The third-order valence-corrected chi connectivity index (χ3v) is 3.07. The van der Waals surface area contributed by atoms with E-state index in [-0.39, 0.29) is 11.8 Å². The lowest BCUT2D eigenvalue weighted by molar-refractivity contribution is -0.145. The van der Waals surface area contributed by atoms with Gasteiger partial charge in [-0.05, 0) is 19.3 Å². The minimum absolute atomic E-state index is 0.135. The Kier molecular flexibility index (Phi) is 1.98. The van der Waals surface area contributed by atoms with Crippen LogP contribution in [0.5, 0.6) is 0 Å². The normalized spacial score (nSPS) is 33.2. The molecular weight excluding hydrogens is 170 g/mol. The maximum Gasteiger partial charge on any atom is 0.308 e. The van der Waals surface area contributed by atoms with Crippen molar-refractivity contribution in [3.63, 3.8) is 0 Å². The van der Waals surface area contributed by atoms with Crippen molar-refractivity contribution in [1.82, 2.24) is 4.90 Å². The molecule has 4 heteroatoms. The molecule has 0 spiro atoms. The minimum atomic E-state index is -0.766. The minimum Gasteiger partial charge on any atom is -0.481 e. The number of carbonyl (C=O) groups excluding carboxylic acids is 1. The van der Waals surface area contributed by atoms with Crippen LogP contribution < -0.4 is 0 Å². The lowest BCUT2D eigenvalue weighted by Crippen LogP contribution is -2.43. The Hall–Kier alpha value is -1.06. The molecule has 2 aliphatic heterocycles. The summed E-state index contributed by atoms with van der Waals surface area (Å²) in [6.45, 7) is 0.429. The van der Waals surface area contributed by atoms with Crippen LogP contribution >= 0.6 is 0 Å². The summed E-state index contributed by atoms with van der Waals surface area (Å²) < 4.78 is 0. The van der Waals surface area contributed by atoms with Crippen molar-refractivity contribution >= 4 is 11.9 Å². The van der Waals surface area contributed by atoms with Crippen LogP contribution in [0.1, 0.15) is 25.7 Å². The standard InChI is InChI=1S/C9H13NO3/c11-8-4-3-7-2-1-6(9(12)13)5-10(7)8/h6-7H,1-5H2,(H,12,13)/t6-,7-/m1/s1. The highest BCUT2D eigenvalue weighted by molar-refractivity contribution is 5.80. The molecule has 13 heavy (non-hydrogen) atoms. The smallest absolute Gasteiger partial charge is 0.308 e. The quantitative estimate of drug-likeness (QED) is 0.643. The summed E-state index contributed by atoms with van der Waals surface area (Å²) in [4.78, 5) is 23.8. The summed E-state index contributed by atoms with van der Waals surface area (Å²) >= 11 is 0. The average molecular weight is 183 g/mol. The summed E-state index contributed by atoms with van der Waals surface area (Å²) in [5.41, 5.74) is 0. The first kappa shape index (κ1) is 8.53. The van der Waals surface area contributed by atoms with Gasteiger partial charge in [0.05, 0.1) is 5.92 Å². The Bertz CT molecular complexity index is 251. The van der Waals surface area contributed by atoms with E-state index in [9.17, 15) is 9.59 Å². The van der Waals surface area contributed by atoms with Gasteiger partial charge >= 0.3 is 5.97 Å². The van der Waals surface area contributed by atoms with Crippen LogP contribution in [-0.4, -0.2) is 34.5 Å². The Morgan fingerprint density at radius 2 is 2.15 bits per heavy atom. The molecule has 2 rings (SSSR count). The molecule has 0 bridgehead atoms. The van der Waals surface area contributed by atoms with E-state index < -0.39 is 5.97 Å². The maximum atomic E-state index is 11.3. The zero-order valence-electron chi connectivity index (χ0n) is 7.40. The van der Waals surface area contributed by atoms with Crippen molar-refractivity contribution in [3.8, 4) is 0 Å². The highest BCUT2D eigenvalue weighted by atomic mass is 16.4. The molecule has 2 atom stereocenters. The maximum absolute atomic E-state index is 11.3. The third kappa shape index (κ3) is 1.41. The second kappa shape index (κ2) is 3.01. The van der Waals surface area contributed by atoms with Crippen molar-refractivity contribution in [2.45, 2.75) is 31.7 Å². The number of carbonyl (C=O) groups is 2. The Labute approximate surface area is 76.5 Å².